The Hall–Kier alpha value is -3.39. The van der Waals surface area contributed by atoms with E-state index in [0.29, 0.717) is 5.56 Å². The van der Waals surface area contributed by atoms with Crippen LogP contribution in [0.2, 0.25) is 0 Å². The smallest absolute Gasteiger partial charge is 0.200 e. The predicted octanol–water partition coefficient (Wildman–Crippen LogP) is 2.27. The highest BCUT2D eigenvalue weighted by molar-refractivity contribution is 5.89. The summed E-state index contributed by atoms with van der Waals surface area (Å²) in [5.74, 6) is -2.04. The van der Waals surface area contributed by atoms with Crippen molar-refractivity contribution in [3.63, 3.8) is 0 Å². The van der Waals surface area contributed by atoms with Crippen LogP contribution in [0.15, 0.2) is 27.4 Å². The number of fused-ring (bicyclic) bond motifs is 3. The first-order valence-corrected chi connectivity index (χ1v) is 8.73. The molecule has 0 saturated carbocycles. The molecule has 3 aromatic rings. The average Bonchev–Trinajstić information content (AvgIpc) is 2.61. The SMILES string of the molecule is CC1C(O)Oc2c(O)cc(O)c3c2C1Cc1c-3oc2cc(O)cc(O)c2c1=O. The molecule has 3 unspecified atom stereocenters. The van der Waals surface area contributed by atoms with Crippen LogP contribution < -0.4 is 10.2 Å². The van der Waals surface area contributed by atoms with Crippen molar-refractivity contribution in [2.24, 2.45) is 5.92 Å². The molecule has 0 saturated heterocycles. The zero-order valence-electron chi connectivity index (χ0n) is 14.6. The summed E-state index contributed by atoms with van der Waals surface area (Å²) >= 11 is 0. The highest BCUT2D eigenvalue weighted by Gasteiger charge is 2.44. The Morgan fingerprint density at radius 1 is 1.04 bits per heavy atom. The summed E-state index contributed by atoms with van der Waals surface area (Å²) in [6.07, 6.45) is -1.03. The zero-order chi connectivity index (χ0) is 19.9. The summed E-state index contributed by atoms with van der Waals surface area (Å²) in [6.45, 7) is 1.74. The van der Waals surface area contributed by atoms with E-state index in [4.69, 9.17) is 9.15 Å². The topological polar surface area (TPSA) is 141 Å². The van der Waals surface area contributed by atoms with E-state index in [0.717, 1.165) is 12.1 Å². The minimum atomic E-state index is -1.19. The van der Waals surface area contributed by atoms with E-state index < -0.39 is 29.3 Å². The number of phenols is 4. The second-order valence-electron chi connectivity index (χ2n) is 7.29. The van der Waals surface area contributed by atoms with Crippen LogP contribution in [0, 0.1) is 5.92 Å². The fraction of sp³-hybridized carbons (Fsp3) is 0.250. The quantitative estimate of drug-likeness (QED) is 0.398. The molecule has 8 heteroatoms. The Bertz CT molecular complexity index is 1230. The van der Waals surface area contributed by atoms with E-state index in [-0.39, 0.29) is 57.3 Å². The van der Waals surface area contributed by atoms with Crippen LogP contribution >= 0.6 is 0 Å². The van der Waals surface area contributed by atoms with Gasteiger partial charge in [0.05, 0.1) is 5.56 Å². The van der Waals surface area contributed by atoms with Gasteiger partial charge in [0, 0.05) is 41.2 Å². The zero-order valence-corrected chi connectivity index (χ0v) is 14.6. The van der Waals surface area contributed by atoms with Gasteiger partial charge >= 0.3 is 0 Å². The number of hydrogen-bond donors (Lipinski definition) is 5. The van der Waals surface area contributed by atoms with Gasteiger partial charge in [-0.1, -0.05) is 6.92 Å². The molecule has 144 valence electrons. The van der Waals surface area contributed by atoms with Crippen molar-refractivity contribution in [2.75, 3.05) is 0 Å². The van der Waals surface area contributed by atoms with E-state index in [1.165, 1.54) is 6.07 Å². The van der Waals surface area contributed by atoms with Crippen LogP contribution in [0.3, 0.4) is 0 Å². The third kappa shape index (κ3) is 2.00. The van der Waals surface area contributed by atoms with Gasteiger partial charge in [-0.25, -0.2) is 0 Å². The lowest BCUT2D eigenvalue weighted by Crippen LogP contribution is -2.37. The summed E-state index contributed by atoms with van der Waals surface area (Å²) < 4.78 is 11.3. The number of hydrogen-bond acceptors (Lipinski definition) is 8. The first kappa shape index (κ1) is 16.8. The van der Waals surface area contributed by atoms with Gasteiger partial charge < -0.3 is 34.7 Å². The molecule has 1 aliphatic carbocycles. The molecule has 28 heavy (non-hydrogen) atoms. The molecular weight excluding hydrogens is 368 g/mol. The fourth-order valence-electron chi connectivity index (χ4n) is 4.28. The lowest BCUT2D eigenvalue weighted by molar-refractivity contribution is -0.0785. The molecule has 0 amide bonds. The first-order valence-electron chi connectivity index (χ1n) is 8.73. The Morgan fingerprint density at radius 2 is 1.79 bits per heavy atom. The number of rotatable bonds is 0. The standard InChI is InChI=1S/C20H16O8/c1-6-8-4-9-17(25)15-10(22)2-7(21)3-13(15)27-18(9)16-11(23)5-12(24)19(14(8)16)28-20(6)26/h2-3,5-6,8,20-24,26H,4H2,1H3. The fourth-order valence-corrected chi connectivity index (χ4v) is 4.28. The summed E-state index contributed by atoms with van der Waals surface area (Å²) in [7, 11) is 0. The molecule has 0 spiro atoms. The van der Waals surface area contributed by atoms with Crippen molar-refractivity contribution >= 4 is 11.0 Å². The van der Waals surface area contributed by atoms with Crippen molar-refractivity contribution in [1.29, 1.82) is 0 Å². The third-order valence-corrected chi connectivity index (χ3v) is 5.67. The lowest BCUT2D eigenvalue weighted by Gasteiger charge is -2.39. The number of aliphatic hydroxyl groups excluding tert-OH is 1. The maximum Gasteiger partial charge on any atom is 0.200 e. The number of benzene rings is 2. The maximum atomic E-state index is 13.1. The average molecular weight is 384 g/mol. The van der Waals surface area contributed by atoms with Gasteiger partial charge in [0.1, 0.15) is 34.0 Å². The van der Waals surface area contributed by atoms with Crippen LogP contribution in [0.25, 0.3) is 22.3 Å². The molecule has 3 atom stereocenters. The second kappa shape index (κ2) is 5.32. The van der Waals surface area contributed by atoms with Crippen molar-refractivity contribution in [2.45, 2.75) is 25.6 Å². The highest BCUT2D eigenvalue weighted by Crippen LogP contribution is 2.56. The van der Waals surface area contributed by atoms with Crippen LogP contribution in [0.1, 0.15) is 24.0 Å². The molecule has 2 aliphatic rings. The summed E-state index contributed by atoms with van der Waals surface area (Å²) in [6, 6.07) is 3.32. The van der Waals surface area contributed by atoms with E-state index in [2.05, 4.69) is 0 Å². The van der Waals surface area contributed by atoms with Gasteiger partial charge in [-0.3, -0.25) is 4.79 Å². The molecule has 5 rings (SSSR count). The predicted molar refractivity (Wildman–Crippen MR) is 96.8 cm³/mol. The van der Waals surface area contributed by atoms with Gasteiger partial charge in [-0.15, -0.1) is 0 Å². The van der Waals surface area contributed by atoms with E-state index in [9.17, 15) is 30.3 Å². The van der Waals surface area contributed by atoms with Crippen LogP contribution in [-0.2, 0) is 6.42 Å². The van der Waals surface area contributed by atoms with Gasteiger partial charge in [-0.05, 0) is 6.42 Å². The Morgan fingerprint density at radius 3 is 2.54 bits per heavy atom. The highest BCUT2D eigenvalue weighted by atomic mass is 16.6. The van der Waals surface area contributed by atoms with Gasteiger partial charge in [0.2, 0.25) is 6.29 Å². The second-order valence-corrected chi connectivity index (χ2v) is 7.29. The molecule has 0 bridgehead atoms. The molecule has 1 aromatic heterocycles. The minimum Gasteiger partial charge on any atom is -0.508 e. The number of aromatic hydroxyl groups is 4. The van der Waals surface area contributed by atoms with E-state index >= 15 is 0 Å². The van der Waals surface area contributed by atoms with Crippen LogP contribution in [0.5, 0.6) is 28.7 Å². The molecular formula is C20H16O8. The molecule has 2 heterocycles. The van der Waals surface area contributed by atoms with Crippen molar-refractivity contribution < 1.29 is 34.7 Å². The van der Waals surface area contributed by atoms with Crippen LogP contribution in [-0.4, -0.2) is 31.8 Å². The largest absolute Gasteiger partial charge is 0.508 e. The molecule has 8 nitrogen and oxygen atoms in total. The van der Waals surface area contributed by atoms with Gasteiger partial charge in [0.25, 0.3) is 0 Å². The minimum absolute atomic E-state index is 0.0364. The monoisotopic (exact) mass is 384 g/mol. The Balaban J connectivity index is 1.93. The van der Waals surface area contributed by atoms with Gasteiger partial charge in [-0.2, -0.15) is 0 Å². The maximum absolute atomic E-state index is 13.1. The molecule has 2 aromatic carbocycles. The first-order chi connectivity index (χ1) is 13.3. The van der Waals surface area contributed by atoms with Crippen molar-refractivity contribution in [3.05, 3.63) is 39.5 Å². The number of aliphatic hydroxyl groups is 1. The van der Waals surface area contributed by atoms with E-state index in [1.54, 1.807) is 6.92 Å². The summed E-state index contributed by atoms with van der Waals surface area (Å²) in [4.78, 5) is 13.1. The number of ether oxygens (including phenoxy) is 1. The molecule has 0 fully saturated rings. The normalized spacial score (nSPS) is 22.4. The molecule has 1 aliphatic heterocycles. The van der Waals surface area contributed by atoms with Crippen molar-refractivity contribution in [3.8, 4) is 40.1 Å². The third-order valence-electron chi connectivity index (χ3n) is 5.67. The molecule has 0 radical (unpaired) electrons. The lowest BCUT2D eigenvalue weighted by atomic mass is 9.73. The Kier molecular flexibility index (Phi) is 3.19. The summed E-state index contributed by atoms with van der Waals surface area (Å²) in [5.41, 5.74) is 0.362. The Labute approximate surface area is 157 Å². The van der Waals surface area contributed by atoms with E-state index in [1.807, 2.05) is 0 Å². The summed E-state index contributed by atoms with van der Waals surface area (Å²) in [5, 5.41) is 50.8. The molecule has 5 N–H and O–H groups in total. The van der Waals surface area contributed by atoms with Crippen LogP contribution in [0.4, 0.5) is 0 Å². The van der Waals surface area contributed by atoms with Gasteiger partial charge in [0.15, 0.2) is 16.9 Å². The van der Waals surface area contributed by atoms with Crippen molar-refractivity contribution in [1.82, 2.24) is 0 Å². The number of phenolic OH excluding ortho intramolecular Hbond substituents is 4.